The highest BCUT2D eigenvalue weighted by Gasteiger charge is 2.15. The van der Waals surface area contributed by atoms with Gasteiger partial charge in [-0.05, 0) is 24.3 Å². The fourth-order valence-electron chi connectivity index (χ4n) is 2.80. The van der Waals surface area contributed by atoms with E-state index < -0.39 is 0 Å². The number of nitrogen functional groups attached to an aromatic ring is 1. The number of anilines is 2. The molecule has 0 bridgehead atoms. The zero-order valence-electron chi connectivity index (χ0n) is 17.1. The zero-order chi connectivity index (χ0) is 22.8. The highest BCUT2D eigenvalue weighted by molar-refractivity contribution is 5.78. The van der Waals surface area contributed by atoms with E-state index in [1.807, 2.05) is 24.5 Å². The molecule has 0 saturated heterocycles. The Bertz CT molecular complexity index is 1210. The average Bonchev–Trinajstić information content (AvgIpc) is 3.18. The van der Waals surface area contributed by atoms with Crippen molar-refractivity contribution in [3.63, 3.8) is 0 Å². The third-order valence-corrected chi connectivity index (χ3v) is 4.01. The van der Waals surface area contributed by atoms with Crippen molar-refractivity contribution in [2.45, 2.75) is 20.4 Å². The van der Waals surface area contributed by atoms with E-state index >= 15 is 0 Å². The minimum absolute atomic E-state index is 0.0970. The summed E-state index contributed by atoms with van der Waals surface area (Å²) in [4.78, 5) is 16.5. The van der Waals surface area contributed by atoms with Crippen LogP contribution >= 0.6 is 0 Å². The summed E-state index contributed by atoms with van der Waals surface area (Å²) in [7, 11) is 0. The topological polar surface area (TPSA) is 118 Å². The Kier molecular flexibility index (Phi) is 8.00. The Morgan fingerprint density at radius 2 is 1.87 bits per heavy atom. The number of halogens is 1. The van der Waals surface area contributed by atoms with Crippen LogP contribution in [0, 0.1) is 30.0 Å². The summed E-state index contributed by atoms with van der Waals surface area (Å²) in [6.45, 7) is 4.24. The summed E-state index contributed by atoms with van der Waals surface area (Å²) in [5.74, 6) is 0.666. The minimum atomic E-state index is -0.354. The van der Waals surface area contributed by atoms with Gasteiger partial charge < -0.3 is 11.1 Å². The molecule has 156 valence electrons. The van der Waals surface area contributed by atoms with Crippen LogP contribution in [-0.2, 0) is 6.54 Å². The van der Waals surface area contributed by atoms with Crippen molar-refractivity contribution in [1.29, 1.82) is 5.26 Å². The van der Waals surface area contributed by atoms with Gasteiger partial charge in [-0.25, -0.2) is 19.3 Å². The molecule has 0 aliphatic rings. The van der Waals surface area contributed by atoms with Gasteiger partial charge in [0.15, 0.2) is 0 Å². The van der Waals surface area contributed by atoms with Gasteiger partial charge in [0.1, 0.15) is 41.2 Å². The van der Waals surface area contributed by atoms with Crippen molar-refractivity contribution in [2.24, 2.45) is 0 Å². The number of nitriles is 1. The minimum Gasteiger partial charge on any atom is -0.382 e. The Hall–Kier alpha value is -4.50. The number of nitrogens with two attached hydrogens (primary N) is 1. The van der Waals surface area contributed by atoms with Gasteiger partial charge in [0.25, 0.3) is 0 Å². The standard InChI is InChI=1S/C18H13FN8.C2H6.C2H2/c19-11-1-2-14-15(7-11)27(12-3-5-22-6-4-12)16(26-14)9-23-18-13(8-20)17(21)24-10-25-18;2*1-2/h1-7,10H,9H2,(H3,21,23,24,25);1-2H3;1-2H. The molecule has 4 rings (SSSR count). The summed E-state index contributed by atoms with van der Waals surface area (Å²) >= 11 is 0. The number of benzene rings is 1. The maximum absolute atomic E-state index is 13.8. The lowest BCUT2D eigenvalue weighted by molar-refractivity contribution is 0.629. The molecule has 8 nitrogen and oxygen atoms in total. The lowest BCUT2D eigenvalue weighted by atomic mass is 10.3. The summed E-state index contributed by atoms with van der Waals surface area (Å²) in [6.07, 6.45) is 12.6. The first-order valence-electron chi connectivity index (χ1n) is 9.32. The second-order valence-electron chi connectivity index (χ2n) is 5.65. The van der Waals surface area contributed by atoms with Crippen LogP contribution < -0.4 is 11.1 Å². The third-order valence-electron chi connectivity index (χ3n) is 4.01. The maximum atomic E-state index is 13.8. The summed E-state index contributed by atoms with van der Waals surface area (Å²) in [5.41, 5.74) is 7.94. The van der Waals surface area contributed by atoms with E-state index in [0.717, 1.165) is 5.69 Å². The van der Waals surface area contributed by atoms with Crippen molar-refractivity contribution in [1.82, 2.24) is 24.5 Å². The van der Waals surface area contributed by atoms with Gasteiger partial charge in [-0.2, -0.15) is 5.26 Å². The van der Waals surface area contributed by atoms with Crippen molar-refractivity contribution >= 4 is 22.7 Å². The number of nitrogens with zero attached hydrogens (tertiary/aromatic N) is 6. The van der Waals surface area contributed by atoms with Crippen LogP contribution in [0.1, 0.15) is 25.2 Å². The average molecular weight is 416 g/mol. The molecule has 0 unspecified atom stereocenters. The molecule has 3 aromatic heterocycles. The van der Waals surface area contributed by atoms with E-state index in [0.29, 0.717) is 22.7 Å². The van der Waals surface area contributed by atoms with Crippen molar-refractivity contribution in [2.75, 3.05) is 11.1 Å². The number of pyridine rings is 1. The molecule has 31 heavy (non-hydrogen) atoms. The third kappa shape index (κ3) is 4.92. The number of hydrogen-bond donors (Lipinski definition) is 2. The van der Waals surface area contributed by atoms with Crippen molar-refractivity contribution in [3.05, 3.63) is 66.3 Å². The lowest BCUT2D eigenvalue weighted by Crippen LogP contribution is -2.11. The van der Waals surface area contributed by atoms with E-state index in [1.54, 1.807) is 30.6 Å². The lowest BCUT2D eigenvalue weighted by Gasteiger charge is -2.11. The van der Waals surface area contributed by atoms with Gasteiger partial charge >= 0.3 is 0 Å². The van der Waals surface area contributed by atoms with Crippen molar-refractivity contribution in [3.8, 4) is 24.6 Å². The van der Waals surface area contributed by atoms with Crippen molar-refractivity contribution < 1.29 is 4.39 Å². The van der Waals surface area contributed by atoms with E-state index in [-0.39, 0.29) is 23.7 Å². The molecule has 0 saturated carbocycles. The first-order valence-corrected chi connectivity index (χ1v) is 9.32. The Morgan fingerprint density at radius 3 is 2.55 bits per heavy atom. The van der Waals surface area contributed by atoms with Crippen LogP contribution in [0.25, 0.3) is 16.7 Å². The zero-order valence-corrected chi connectivity index (χ0v) is 17.1. The van der Waals surface area contributed by atoms with Gasteiger partial charge in [-0.15, -0.1) is 12.8 Å². The van der Waals surface area contributed by atoms with Crippen LogP contribution in [0.4, 0.5) is 16.0 Å². The molecule has 0 aliphatic carbocycles. The second kappa shape index (κ2) is 10.9. The smallest absolute Gasteiger partial charge is 0.149 e. The van der Waals surface area contributed by atoms with Gasteiger partial charge in [-0.3, -0.25) is 9.55 Å². The number of hydrogen-bond acceptors (Lipinski definition) is 7. The largest absolute Gasteiger partial charge is 0.382 e. The van der Waals surface area contributed by atoms with Crippen LogP contribution in [0.2, 0.25) is 0 Å². The fourth-order valence-corrected chi connectivity index (χ4v) is 2.80. The number of rotatable bonds is 4. The van der Waals surface area contributed by atoms with E-state index in [1.165, 1.54) is 18.5 Å². The second-order valence-corrected chi connectivity index (χ2v) is 5.65. The molecular formula is C22H21FN8. The Balaban J connectivity index is 0.000000807. The van der Waals surface area contributed by atoms with Gasteiger partial charge in [0.05, 0.1) is 23.3 Å². The molecule has 3 N–H and O–H groups in total. The fraction of sp³-hybridized carbons (Fsp3) is 0.136. The molecule has 4 aromatic rings. The predicted molar refractivity (Wildman–Crippen MR) is 119 cm³/mol. The number of fused-ring (bicyclic) bond motifs is 1. The van der Waals surface area contributed by atoms with Crippen LogP contribution in [-0.4, -0.2) is 24.5 Å². The SMILES string of the molecule is C#C.CC.N#Cc1c(N)ncnc1NCc1nc2ccc(F)cc2n1-c1ccncc1. The molecule has 0 atom stereocenters. The maximum Gasteiger partial charge on any atom is 0.149 e. The normalized spacial score (nSPS) is 9.55. The van der Waals surface area contributed by atoms with Crippen LogP contribution in [0.5, 0.6) is 0 Å². The molecule has 0 amide bonds. The van der Waals surface area contributed by atoms with E-state index in [9.17, 15) is 9.65 Å². The molecule has 0 spiro atoms. The highest BCUT2D eigenvalue weighted by atomic mass is 19.1. The first-order chi connectivity index (χ1) is 15.2. The highest BCUT2D eigenvalue weighted by Crippen LogP contribution is 2.23. The summed E-state index contributed by atoms with van der Waals surface area (Å²) in [5, 5.41) is 12.3. The van der Waals surface area contributed by atoms with Crippen LogP contribution in [0.15, 0.2) is 49.1 Å². The molecule has 0 radical (unpaired) electrons. The van der Waals surface area contributed by atoms with Gasteiger partial charge in [0.2, 0.25) is 0 Å². The predicted octanol–water partition coefficient (Wildman–Crippen LogP) is 3.69. The molecular weight excluding hydrogens is 395 g/mol. The molecule has 0 fully saturated rings. The Morgan fingerprint density at radius 1 is 1.16 bits per heavy atom. The molecule has 0 aliphatic heterocycles. The summed E-state index contributed by atoms with van der Waals surface area (Å²) < 4.78 is 15.6. The number of terminal acetylenes is 1. The van der Waals surface area contributed by atoms with Gasteiger partial charge in [0, 0.05) is 18.5 Å². The number of aromatic nitrogens is 5. The van der Waals surface area contributed by atoms with E-state index in [2.05, 4.69) is 38.1 Å². The molecule has 3 heterocycles. The Labute approximate surface area is 179 Å². The van der Waals surface area contributed by atoms with Crippen LogP contribution in [0.3, 0.4) is 0 Å². The quantitative estimate of drug-likeness (QED) is 0.487. The number of nitrogens with one attached hydrogen (secondary N) is 1. The number of imidazole rings is 1. The molecule has 9 heteroatoms. The summed E-state index contributed by atoms with van der Waals surface area (Å²) in [6, 6.07) is 10.0. The van der Waals surface area contributed by atoms with Gasteiger partial charge in [-0.1, -0.05) is 13.8 Å². The monoisotopic (exact) mass is 416 g/mol. The van der Waals surface area contributed by atoms with E-state index in [4.69, 9.17) is 5.73 Å². The first kappa shape index (κ1) is 22.8. The molecule has 1 aromatic carbocycles.